The molecule has 0 aromatic rings. The number of hydrogen-bond acceptors (Lipinski definition) is 0. The number of halogens is 2. The summed E-state index contributed by atoms with van der Waals surface area (Å²) in [5.41, 5.74) is 3.07. The molecule has 0 saturated carbocycles. The standard InChI is InChI=1S/C10H16.2ClH.Zr/c1-3-4-5-10-7-6-9(2)8-10;;;/h7-8H,3-6H2,1-2H3;2*1H;/q;;;+2/p-2. The van der Waals surface area contributed by atoms with Gasteiger partial charge in [-0.15, -0.1) is 0 Å². The van der Waals surface area contributed by atoms with Gasteiger partial charge in [0.25, 0.3) is 0 Å². The summed E-state index contributed by atoms with van der Waals surface area (Å²) >= 11 is -0.826. The Kier molecular flexibility index (Phi) is 10.2. The molecule has 13 heavy (non-hydrogen) atoms. The second kappa shape index (κ2) is 9.50. The SMILES string of the molecule is CCCCC1=CCC(C)=C1.[Cl][Zr][Cl]. The Labute approximate surface area is 100 Å². The molecule has 0 unspecified atom stereocenters. The van der Waals surface area contributed by atoms with Gasteiger partial charge in [-0.1, -0.05) is 36.6 Å². The molecule has 0 aromatic heterocycles. The molecule has 0 spiro atoms. The minimum atomic E-state index is -0.826. The molecule has 0 amide bonds. The zero-order valence-electron chi connectivity index (χ0n) is 8.24. The van der Waals surface area contributed by atoms with E-state index in [9.17, 15) is 0 Å². The van der Waals surface area contributed by atoms with Crippen molar-refractivity contribution in [3.8, 4) is 0 Å². The van der Waals surface area contributed by atoms with E-state index < -0.39 is 20.8 Å². The van der Waals surface area contributed by atoms with E-state index in [-0.39, 0.29) is 0 Å². The van der Waals surface area contributed by atoms with Gasteiger partial charge in [0.15, 0.2) is 0 Å². The molecule has 0 atom stereocenters. The van der Waals surface area contributed by atoms with Crippen molar-refractivity contribution in [2.45, 2.75) is 39.5 Å². The van der Waals surface area contributed by atoms with E-state index in [4.69, 9.17) is 17.0 Å². The van der Waals surface area contributed by atoms with E-state index in [0.717, 1.165) is 0 Å². The molecule has 3 heteroatoms. The molecular formula is C10H16Cl2Zr. The van der Waals surface area contributed by atoms with E-state index >= 15 is 0 Å². The van der Waals surface area contributed by atoms with E-state index in [1.807, 2.05) is 0 Å². The molecule has 0 N–H and O–H groups in total. The summed E-state index contributed by atoms with van der Waals surface area (Å²) in [7, 11) is 9.87. The van der Waals surface area contributed by atoms with Crippen molar-refractivity contribution in [3.63, 3.8) is 0 Å². The van der Waals surface area contributed by atoms with Crippen LogP contribution < -0.4 is 0 Å². The molecule has 1 aliphatic carbocycles. The van der Waals surface area contributed by atoms with Crippen molar-refractivity contribution >= 4 is 17.0 Å². The van der Waals surface area contributed by atoms with E-state index in [2.05, 4.69) is 26.0 Å². The first-order chi connectivity index (χ1) is 6.24. The summed E-state index contributed by atoms with van der Waals surface area (Å²) < 4.78 is 0. The van der Waals surface area contributed by atoms with Crippen LogP contribution in [0.4, 0.5) is 0 Å². The predicted octanol–water partition coefficient (Wildman–Crippen LogP) is 4.83. The fourth-order valence-corrected chi connectivity index (χ4v) is 1.28. The van der Waals surface area contributed by atoms with E-state index in [0.29, 0.717) is 0 Å². The maximum absolute atomic E-state index is 4.93. The first-order valence-corrected chi connectivity index (χ1v) is 10.9. The quantitative estimate of drug-likeness (QED) is 0.700. The molecular weight excluding hydrogens is 282 g/mol. The van der Waals surface area contributed by atoms with Crippen molar-refractivity contribution in [2.75, 3.05) is 0 Å². The van der Waals surface area contributed by atoms with Gasteiger partial charge in [-0.2, -0.15) is 0 Å². The predicted molar refractivity (Wildman–Crippen MR) is 57.7 cm³/mol. The number of hydrogen-bond donors (Lipinski definition) is 0. The second-order valence-corrected chi connectivity index (χ2v) is 6.88. The topological polar surface area (TPSA) is 0 Å². The Balaban J connectivity index is 0.000000424. The van der Waals surface area contributed by atoms with E-state index in [1.54, 1.807) is 5.57 Å². The Morgan fingerprint density at radius 3 is 2.46 bits per heavy atom. The summed E-state index contributed by atoms with van der Waals surface area (Å²) in [6, 6.07) is 0. The number of unbranched alkanes of at least 4 members (excludes halogenated alkanes) is 1. The van der Waals surface area contributed by atoms with Crippen molar-refractivity contribution < 1.29 is 20.8 Å². The zero-order valence-corrected chi connectivity index (χ0v) is 12.2. The molecule has 0 aliphatic heterocycles. The van der Waals surface area contributed by atoms with Gasteiger partial charge in [0.05, 0.1) is 0 Å². The Bertz CT molecular complexity index is 185. The third kappa shape index (κ3) is 7.97. The molecule has 1 aliphatic rings. The average molecular weight is 298 g/mol. The summed E-state index contributed by atoms with van der Waals surface area (Å²) in [4.78, 5) is 0. The first-order valence-electron chi connectivity index (χ1n) is 4.57. The maximum atomic E-state index is 4.93. The molecule has 0 nitrogen and oxygen atoms in total. The molecule has 1 rings (SSSR count). The van der Waals surface area contributed by atoms with Crippen LogP contribution in [0.5, 0.6) is 0 Å². The van der Waals surface area contributed by atoms with Crippen molar-refractivity contribution in [1.29, 1.82) is 0 Å². The fraction of sp³-hybridized carbons (Fsp3) is 0.600. The molecule has 0 saturated heterocycles. The fourth-order valence-electron chi connectivity index (χ4n) is 1.28. The molecule has 0 aromatic carbocycles. The van der Waals surface area contributed by atoms with Crippen LogP contribution in [0.25, 0.3) is 0 Å². The van der Waals surface area contributed by atoms with Gasteiger partial charge < -0.3 is 0 Å². The van der Waals surface area contributed by atoms with Crippen LogP contribution in [0.2, 0.25) is 0 Å². The average Bonchev–Trinajstić information content (AvgIpc) is 2.49. The van der Waals surface area contributed by atoms with Gasteiger partial charge in [-0.3, -0.25) is 0 Å². The van der Waals surface area contributed by atoms with Crippen LogP contribution in [0.15, 0.2) is 23.3 Å². The summed E-state index contributed by atoms with van der Waals surface area (Å²) in [6.45, 7) is 4.45. The number of allylic oxidation sites excluding steroid dienone is 4. The van der Waals surface area contributed by atoms with Gasteiger partial charge in [-0.05, 0) is 26.2 Å². The van der Waals surface area contributed by atoms with Gasteiger partial charge in [0, 0.05) is 0 Å². The molecule has 74 valence electrons. The van der Waals surface area contributed by atoms with Crippen molar-refractivity contribution in [2.24, 2.45) is 0 Å². The van der Waals surface area contributed by atoms with Crippen molar-refractivity contribution in [3.05, 3.63) is 23.3 Å². The second-order valence-electron chi connectivity index (χ2n) is 3.15. The van der Waals surface area contributed by atoms with Gasteiger partial charge in [0.2, 0.25) is 0 Å². The number of rotatable bonds is 3. The third-order valence-electron chi connectivity index (χ3n) is 1.94. The minimum absolute atomic E-state index is 0.826. The van der Waals surface area contributed by atoms with Crippen molar-refractivity contribution in [1.82, 2.24) is 0 Å². The molecule has 0 heterocycles. The van der Waals surface area contributed by atoms with Gasteiger partial charge in [0.1, 0.15) is 0 Å². The third-order valence-corrected chi connectivity index (χ3v) is 1.94. The Morgan fingerprint density at radius 2 is 2.08 bits per heavy atom. The van der Waals surface area contributed by atoms with E-state index in [1.165, 1.54) is 31.3 Å². The molecule has 0 radical (unpaired) electrons. The Morgan fingerprint density at radius 1 is 1.46 bits per heavy atom. The Hall–Kier alpha value is 0.943. The molecule has 0 fully saturated rings. The van der Waals surface area contributed by atoms with Crippen LogP contribution in [-0.4, -0.2) is 0 Å². The normalized spacial score (nSPS) is 14.2. The van der Waals surface area contributed by atoms with Gasteiger partial charge in [-0.25, -0.2) is 0 Å². The summed E-state index contributed by atoms with van der Waals surface area (Å²) in [5.74, 6) is 0. The molecule has 0 bridgehead atoms. The monoisotopic (exact) mass is 296 g/mol. The van der Waals surface area contributed by atoms with Crippen LogP contribution in [0.3, 0.4) is 0 Å². The first kappa shape index (κ1) is 13.9. The van der Waals surface area contributed by atoms with Crippen LogP contribution in [0, 0.1) is 0 Å². The zero-order chi connectivity index (χ0) is 10.1. The summed E-state index contributed by atoms with van der Waals surface area (Å²) in [6.07, 6.45) is 9.81. The van der Waals surface area contributed by atoms with Crippen LogP contribution in [-0.2, 0) is 20.8 Å². The summed E-state index contributed by atoms with van der Waals surface area (Å²) in [5, 5.41) is 0. The van der Waals surface area contributed by atoms with Crippen LogP contribution in [0.1, 0.15) is 39.5 Å². The van der Waals surface area contributed by atoms with Crippen LogP contribution >= 0.6 is 17.0 Å². The van der Waals surface area contributed by atoms with Gasteiger partial charge >= 0.3 is 37.9 Å².